The first-order valence-electron chi connectivity index (χ1n) is 6.02. The van der Waals surface area contributed by atoms with Crippen molar-refractivity contribution in [2.75, 3.05) is 19.8 Å². The summed E-state index contributed by atoms with van der Waals surface area (Å²) in [5, 5.41) is 3.46. The zero-order chi connectivity index (χ0) is 11.8. The van der Waals surface area contributed by atoms with E-state index in [9.17, 15) is 0 Å². The van der Waals surface area contributed by atoms with Crippen LogP contribution in [-0.2, 0) is 4.74 Å². The van der Waals surface area contributed by atoms with Crippen molar-refractivity contribution in [1.29, 1.82) is 0 Å². The smallest absolute Gasteiger partial charge is 0.0732 e. The van der Waals surface area contributed by atoms with Crippen molar-refractivity contribution < 1.29 is 4.74 Å². The van der Waals surface area contributed by atoms with Crippen molar-refractivity contribution in [3.63, 3.8) is 0 Å². The zero-order valence-corrected chi connectivity index (χ0v) is 10.5. The summed E-state index contributed by atoms with van der Waals surface area (Å²) in [6.07, 6.45) is 1.12. The van der Waals surface area contributed by atoms with Gasteiger partial charge in [0.1, 0.15) is 0 Å². The lowest BCUT2D eigenvalue weighted by molar-refractivity contribution is 0.122. The lowest BCUT2D eigenvalue weighted by atomic mass is 10.2. The van der Waals surface area contributed by atoms with Crippen LogP contribution >= 0.6 is 0 Å². The van der Waals surface area contributed by atoms with Crippen molar-refractivity contribution in [2.24, 2.45) is 0 Å². The molecule has 0 saturated heterocycles. The Kier molecular flexibility index (Phi) is 6.04. The van der Waals surface area contributed by atoms with Gasteiger partial charge in [0.15, 0.2) is 0 Å². The summed E-state index contributed by atoms with van der Waals surface area (Å²) in [4.78, 5) is 4.54. The SMILES string of the molecule is CCCNC(COCC)c1cccc(C)n1. The third-order valence-corrected chi connectivity index (χ3v) is 2.40. The van der Waals surface area contributed by atoms with Crippen LogP contribution in [0.1, 0.15) is 37.7 Å². The van der Waals surface area contributed by atoms with E-state index in [2.05, 4.69) is 23.3 Å². The quantitative estimate of drug-likeness (QED) is 0.769. The maximum absolute atomic E-state index is 5.48. The number of rotatable bonds is 7. The second-order valence-corrected chi connectivity index (χ2v) is 3.87. The van der Waals surface area contributed by atoms with Gasteiger partial charge in [0.05, 0.1) is 18.3 Å². The Hall–Kier alpha value is -0.930. The van der Waals surface area contributed by atoms with Crippen LogP contribution in [0.25, 0.3) is 0 Å². The third-order valence-electron chi connectivity index (χ3n) is 2.40. The second-order valence-electron chi connectivity index (χ2n) is 3.87. The highest BCUT2D eigenvalue weighted by atomic mass is 16.5. The van der Waals surface area contributed by atoms with E-state index in [4.69, 9.17) is 4.74 Å². The Balaban J connectivity index is 2.66. The lowest BCUT2D eigenvalue weighted by Gasteiger charge is -2.18. The Morgan fingerprint density at radius 1 is 1.38 bits per heavy atom. The third kappa shape index (κ3) is 4.29. The van der Waals surface area contributed by atoms with E-state index in [0.29, 0.717) is 6.61 Å². The average molecular weight is 222 g/mol. The molecule has 1 aromatic heterocycles. The summed E-state index contributed by atoms with van der Waals surface area (Å²) in [5.41, 5.74) is 2.12. The van der Waals surface area contributed by atoms with E-state index in [1.165, 1.54) is 0 Å². The van der Waals surface area contributed by atoms with Crippen molar-refractivity contribution in [3.05, 3.63) is 29.6 Å². The number of hydrogen-bond donors (Lipinski definition) is 1. The average Bonchev–Trinajstić information content (AvgIpc) is 2.29. The molecular weight excluding hydrogens is 200 g/mol. The fourth-order valence-corrected chi connectivity index (χ4v) is 1.56. The van der Waals surface area contributed by atoms with Crippen LogP contribution in [0.2, 0.25) is 0 Å². The molecule has 0 spiro atoms. The minimum atomic E-state index is 0.208. The molecule has 0 aliphatic carbocycles. The molecule has 1 heterocycles. The van der Waals surface area contributed by atoms with Crippen molar-refractivity contribution in [1.82, 2.24) is 10.3 Å². The topological polar surface area (TPSA) is 34.1 Å². The molecule has 1 unspecified atom stereocenters. The minimum absolute atomic E-state index is 0.208. The van der Waals surface area contributed by atoms with Crippen LogP contribution in [0, 0.1) is 6.92 Å². The Morgan fingerprint density at radius 3 is 2.81 bits per heavy atom. The molecule has 0 amide bonds. The van der Waals surface area contributed by atoms with Gasteiger partial charge in [0, 0.05) is 12.3 Å². The number of pyridine rings is 1. The molecule has 1 rings (SSSR count). The fourth-order valence-electron chi connectivity index (χ4n) is 1.56. The van der Waals surface area contributed by atoms with Crippen molar-refractivity contribution in [3.8, 4) is 0 Å². The van der Waals surface area contributed by atoms with E-state index >= 15 is 0 Å². The van der Waals surface area contributed by atoms with E-state index in [1.54, 1.807) is 0 Å². The standard InChI is InChI=1S/C13H22N2O/c1-4-9-14-13(10-16-5-2)12-8-6-7-11(3)15-12/h6-8,13-14H,4-5,9-10H2,1-3H3. The number of hydrogen-bond acceptors (Lipinski definition) is 3. The largest absolute Gasteiger partial charge is 0.380 e. The summed E-state index contributed by atoms with van der Waals surface area (Å²) in [6.45, 7) is 8.62. The molecule has 0 aromatic carbocycles. The van der Waals surface area contributed by atoms with Gasteiger partial charge in [-0.3, -0.25) is 4.98 Å². The van der Waals surface area contributed by atoms with Gasteiger partial charge in [-0.15, -0.1) is 0 Å². The first-order valence-corrected chi connectivity index (χ1v) is 6.02. The Morgan fingerprint density at radius 2 is 2.19 bits per heavy atom. The summed E-state index contributed by atoms with van der Waals surface area (Å²) in [7, 11) is 0. The second kappa shape index (κ2) is 7.36. The molecule has 90 valence electrons. The summed E-state index contributed by atoms with van der Waals surface area (Å²) < 4.78 is 5.48. The van der Waals surface area contributed by atoms with Crippen LogP contribution in [0.3, 0.4) is 0 Å². The van der Waals surface area contributed by atoms with Gasteiger partial charge >= 0.3 is 0 Å². The van der Waals surface area contributed by atoms with E-state index in [0.717, 1.165) is 31.0 Å². The molecule has 1 aromatic rings. The maximum Gasteiger partial charge on any atom is 0.0732 e. The molecule has 0 saturated carbocycles. The zero-order valence-electron chi connectivity index (χ0n) is 10.5. The van der Waals surface area contributed by atoms with E-state index < -0.39 is 0 Å². The Bertz CT molecular complexity index is 294. The maximum atomic E-state index is 5.48. The first kappa shape index (κ1) is 13.1. The lowest BCUT2D eigenvalue weighted by Crippen LogP contribution is -2.27. The monoisotopic (exact) mass is 222 g/mol. The van der Waals surface area contributed by atoms with E-state index in [1.807, 2.05) is 26.0 Å². The number of ether oxygens (including phenoxy) is 1. The highest BCUT2D eigenvalue weighted by molar-refractivity contribution is 5.13. The highest BCUT2D eigenvalue weighted by Crippen LogP contribution is 2.11. The molecule has 3 heteroatoms. The molecule has 3 nitrogen and oxygen atoms in total. The summed E-state index contributed by atoms with van der Waals surface area (Å²) in [5.74, 6) is 0. The van der Waals surface area contributed by atoms with Gasteiger partial charge in [-0.25, -0.2) is 0 Å². The number of nitrogens with zero attached hydrogens (tertiary/aromatic N) is 1. The molecule has 1 atom stereocenters. The van der Waals surface area contributed by atoms with Gasteiger partial charge in [0.25, 0.3) is 0 Å². The predicted octanol–water partition coefficient (Wildman–Crippen LogP) is 2.47. The molecule has 0 bridgehead atoms. The summed E-state index contributed by atoms with van der Waals surface area (Å²) in [6, 6.07) is 6.32. The molecule has 0 radical (unpaired) electrons. The van der Waals surface area contributed by atoms with Crippen LogP contribution in [0.15, 0.2) is 18.2 Å². The molecule has 1 N–H and O–H groups in total. The normalized spacial score (nSPS) is 12.7. The highest BCUT2D eigenvalue weighted by Gasteiger charge is 2.11. The van der Waals surface area contributed by atoms with Crippen LogP contribution in [0.5, 0.6) is 0 Å². The van der Waals surface area contributed by atoms with Gasteiger partial charge in [0.2, 0.25) is 0 Å². The number of aromatic nitrogens is 1. The van der Waals surface area contributed by atoms with Gasteiger partial charge in [-0.1, -0.05) is 13.0 Å². The van der Waals surface area contributed by atoms with Crippen LogP contribution in [-0.4, -0.2) is 24.7 Å². The molecular formula is C13H22N2O. The van der Waals surface area contributed by atoms with Crippen LogP contribution in [0.4, 0.5) is 0 Å². The first-order chi connectivity index (χ1) is 7.77. The minimum Gasteiger partial charge on any atom is -0.380 e. The fraction of sp³-hybridized carbons (Fsp3) is 0.615. The Labute approximate surface area is 98.2 Å². The van der Waals surface area contributed by atoms with Crippen molar-refractivity contribution in [2.45, 2.75) is 33.2 Å². The molecule has 0 aliphatic rings. The predicted molar refractivity (Wildman–Crippen MR) is 66.5 cm³/mol. The number of aryl methyl sites for hydroxylation is 1. The molecule has 16 heavy (non-hydrogen) atoms. The van der Waals surface area contributed by atoms with Gasteiger partial charge in [-0.05, 0) is 38.9 Å². The van der Waals surface area contributed by atoms with Gasteiger partial charge in [-0.2, -0.15) is 0 Å². The van der Waals surface area contributed by atoms with Crippen LogP contribution < -0.4 is 5.32 Å². The van der Waals surface area contributed by atoms with Gasteiger partial charge < -0.3 is 10.1 Å². The molecule has 0 fully saturated rings. The van der Waals surface area contributed by atoms with E-state index in [-0.39, 0.29) is 6.04 Å². The van der Waals surface area contributed by atoms with Crippen molar-refractivity contribution >= 4 is 0 Å². The molecule has 0 aliphatic heterocycles. The number of nitrogens with one attached hydrogen (secondary N) is 1. The summed E-state index contributed by atoms with van der Waals surface area (Å²) >= 11 is 0.